The van der Waals surface area contributed by atoms with E-state index in [0.29, 0.717) is 21.3 Å². The Morgan fingerprint density at radius 1 is 1.19 bits per heavy atom. The van der Waals surface area contributed by atoms with Crippen molar-refractivity contribution in [1.29, 1.82) is 0 Å². The van der Waals surface area contributed by atoms with Crippen molar-refractivity contribution in [3.05, 3.63) is 47.2 Å². The van der Waals surface area contributed by atoms with Gasteiger partial charge in [-0.05, 0) is 36.6 Å². The smallest absolute Gasteiger partial charge is 0.384 e. The normalized spacial score (nSPS) is 14.9. The Labute approximate surface area is 214 Å². The van der Waals surface area contributed by atoms with Gasteiger partial charge in [-0.15, -0.1) is 11.3 Å². The number of alkyl halides is 3. The highest BCUT2D eigenvalue weighted by Gasteiger charge is 2.37. The standard InChI is InChI=1S/C23H23F3N4O5S2/c1-35-8-9-37(33,34)20(21(32)28-12-19(31)29-15-4-5-15)22-30-16-6-2-13(10-17(16)36-22)14-3-7-18(27-11-14)23(24,25)26/h2-3,6-7,10-11,15,20H,4-5,8-9,12H2,1H3,(H,28,32)(H,29,31). The summed E-state index contributed by atoms with van der Waals surface area (Å²) in [7, 11) is -2.73. The maximum Gasteiger partial charge on any atom is 0.433 e. The number of hydrogen-bond donors (Lipinski definition) is 2. The van der Waals surface area contributed by atoms with Crippen molar-refractivity contribution in [2.24, 2.45) is 0 Å². The van der Waals surface area contributed by atoms with Crippen LogP contribution in [0.25, 0.3) is 21.3 Å². The Hall–Kier alpha value is -3.10. The van der Waals surface area contributed by atoms with Gasteiger partial charge < -0.3 is 15.4 Å². The maximum atomic E-state index is 13.1. The fourth-order valence-corrected chi connectivity index (χ4v) is 6.45. The average molecular weight is 557 g/mol. The zero-order valence-electron chi connectivity index (χ0n) is 19.5. The maximum absolute atomic E-state index is 13.1. The quantitative estimate of drug-likeness (QED) is 0.393. The molecule has 1 unspecified atom stereocenters. The molecule has 37 heavy (non-hydrogen) atoms. The highest BCUT2D eigenvalue weighted by Crippen LogP contribution is 2.35. The number of pyridine rings is 1. The SMILES string of the molecule is COCCS(=O)(=O)C(C(=O)NCC(=O)NC1CC1)c1nc2ccc(-c3ccc(C(F)(F)F)nc3)cc2s1. The number of carbonyl (C=O) groups is 2. The number of nitrogens with zero attached hydrogens (tertiary/aromatic N) is 2. The molecule has 1 fully saturated rings. The van der Waals surface area contributed by atoms with Gasteiger partial charge in [0, 0.05) is 24.9 Å². The third-order valence-electron chi connectivity index (χ3n) is 5.55. The van der Waals surface area contributed by atoms with Crippen LogP contribution in [0, 0.1) is 0 Å². The summed E-state index contributed by atoms with van der Waals surface area (Å²) < 4.78 is 70.0. The van der Waals surface area contributed by atoms with E-state index in [4.69, 9.17) is 4.74 Å². The number of benzene rings is 1. The Morgan fingerprint density at radius 3 is 2.54 bits per heavy atom. The topological polar surface area (TPSA) is 127 Å². The summed E-state index contributed by atoms with van der Waals surface area (Å²) in [4.78, 5) is 32.8. The number of halogens is 3. The molecule has 198 valence electrons. The zero-order chi connectivity index (χ0) is 26.8. The van der Waals surface area contributed by atoms with E-state index >= 15 is 0 Å². The number of rotatable bonds is 10. The second-order valence-corrected chi connectivity index (χ2v) is 11.7. The third kappa shape index (κ3) is 6.62. The summed E-state index contributed by atoms with van der Waals surface area (Å²) >= 11 is 0.972. The van der Waals surface area contributed by atoms with Gasteiger partial charge in [-0.2, -0.15) is 13.2 Å². The predicted molar refractivity (Wildman–Crippen MR) is 130 cm³/mol. The summed E-state index contributed by atoms with van der Waals surface area (Å²) in [6, 6.07) is 7.09. The van der Waals surface area contributed by atoms with Gasteiger partial charge in [-0.3, -0.25) is 14.6 Å². The van der Waals surface area contributed by atoms with E-state index in [1.165, 1.54) is 13.2 Å². The lowest BCUT2D eigenvalue weighted by molar-refractivity contribution is -0.141. The van der Waals surface area contributed by atoms with Crippen LogP contribution in [0.3, 0.4) is 0 Å². The first kappa shape index (κ1) is 26.9. The summed E-state index contributed by atoms with van der Waals surface area (Å²) in [6.07, 6.45) is -1.73. The molecule has 14 heteroatoms. The van der Waals surface area contributed by atoms with Crippen LogP contribution in [0.5, 0.6) is 0 Å². The van der Waals surface area contributed by atoms with Crippen LogP contribution >= 0.6 is 11.3 Å². The van der Waals surface area contributed by atoms with Crippen LogP contribution in [0.2, 0.25) is 0 Å². The van der Waals surface area contributed by atoms with Crippen LogP contribution in [-0.4, -0.2) is 62.3 Å². The van der Waals surface area contributed by atoms with Gasteiger partial charge in [0.2, 0.25) is 11.8 Å². The monoisotopic (exact) mass is 556 g/mol. The highest BCUT2D eigenvalue weighted by atomic mass is 32.2. The molecule has 4 rings (SSSR count). The fraction of sp³-hybridized carbons (Fsp3) is 0.391. The number of aromatic nitrogens is 2. The average Bonchev–Trinajstić information content (AvgIpc) is 3.56. The summed E-state index contributed by atoms with van der Waals surface area (Å²) in [6.45, 7) is -0.508. The molecule has 9 nitrogen and oxygen atoms in total. The number of ether oxygens (including phenoxy) is 1. The minimum absolute atomic E-state index is 0.00824. The third-order valence-corrected chi connectivity index (χ3v) is 8.67. The molecular weight excluding hydrogens is 533 g/mol. The molecular formula is C23H23F3N4O5S2. The van der Waals surface area contributed by atoms with E-state index < -0.39 is 44.5 Å². The van der Waals surface area contributed by atoms with E-state index in [1.807, 2.05) is 0 Å². The van der Waals surface area contributed by atoms with Gasteiger partial charge in [-0.25, -0.2) is 13.4 Å². The van der Waals surface area contributed by atoms with Gasteiger partial charge >= 0.3 is 6.18 Å². The molecule has 1 aliphatic rings. The number of methoxy groups -OCH3 is 1. The van der Waals surface area contributed by atoms with Crippen molar-refractivity contribution in [1.82, 2.24) is 20.6 Å². The van der Waals surface area contributed by atoms with E-state index in [1.54, 1.807) is 18.2 Å². The van der Waals surface area contributed by atoms with Gasteiger partial charge in [0.05, 0.1) is 29.1 Å². The van der Waals surface area contributed by atoms with Crippen molar-refractivity contribution in [3.63, 3.8) is 0 Å². The number of fused-ring (bicyclic) bond motifs is 1. The lowest BCUT2D eigenvalue weighted by Crippen LogP contribution is -2.41. The number of nitrogens with one attached hydrogen (secondary N) is 2. The van der Waals surface area contributed by atoms with Crippen LogP contribution in [0.1, 0.15) is 28.8 Å². The van der Waals surface area contributed by atoms with E-state index in [2.05, 4.69) is 20.6 Å². The van der Waals surface area contributed by atoms with Crippen molar-refractivity contribution in [3.8, 4) is 11.1 Å². The first-order chi connectivity index (χ1) is 17.5. The van der Waals surface area contributed by atoms with E-state index in [-0.39, 0.29) is 24.2 Å². The molecule has 0 spiro atoms. The summed E-state index contributed by atoms with van der Waals surface area (Å²) in [5.74, 6) is -1.73. The van der Waals surface area contributed by atoms with Crippen LogP contribution in [0.4, 0.5) is 13.2 Å². The summed E-state index contributed by atoms with van der Waals surface area (Å²) in [5, 5.41) is 3.45. The van der Waals surface area contributed by atoms with Crippen molar-refractivity contribution >= 4 is 43.2 Å². The van der Waals surface area contributed by atoms with Crippen LogP contribution < -0.4 is 10.6 Å². The molecule has 0 aliphatic heterocycles. The second kappa shape index (κ2) is 10.7. The highest BCUT2D eigenvalue weighted by molar-refractivity contribution is 7.92. The molecule has 0 bridgehead atoms. The van der Waals surface area contributed by atoms with Gasteiger partial charge in [0.15, 0.2) is 15.1 Å². The molecule has 2 N–H and O–H groups in total. The predicted octanol–water partition coefficient (Wildman–Crippen LogP) is 2.87. The summed E-state index contributed by atoms with van der Waals surface area (Å²) in [5.41, 5.74) is 0.366. The number of amides is 2. The van der Waals surface area contributed by atoms with Crippen molar-refractivity contribution < 1.29 is 35.9 Å². The molecule has 2 heterocycles. The molecule has 1 saturated carbocycles. The molecule has 3 aromatic rings. The lowest BCUT2D eigenvalue weighted by atomic mass is 10.1. The minimum Gasteiger partial charge on any atom is -0.384 e. The Balaban J connectivity index is 1.61. The first-order valence-electron chi connectivity index (χ1n) is 11.2. The number of hydrogen-bond acceptors (Lipinski definition) is 8. The number of thiazole rings is 1. The molecule has 1 atom stereocenters. The zero-order valence-corrected chi connectivity index (χ0v) is 21.2. The number of carbonyl (C=O) groups excluding carboxylic acids is 2. The molecule has 1 aliphatic carbocycles. The van der Waals surface area contributed by atoms with Crippen LogP contribution in [-0.2, 0) is 30.3 Å². The lowest BCUT2D eigenvalue weighted by Gasteiger charge is -2.15. The van der Waals surface area contributed by atoms with Gasteiger partial charge in [-0.1, -0.05) is 12.1 Å². The Kier molecular flexibility index (Phi) is 7.80. The molecule has 2 aromatic heterocycles. The van der Waals surface area contributed by atoms with Gasteiger partial charge in [0.1, 0.15) is 10.7 Å². The number of sulfone groups is 1. The molecule has 0 radical (unpaired) electrons. The fourth-order valence-electron chi connectivity index (χ4n) is 3.48. The minimum atomic E-state index is -4.56. The Morgan fingerprint density at radius 2 is 1.92 bits per heavy atom. The largest absolute Gasteiger partial charge is 0.433 e. The molecule has 2 amide bonds. The van der Waals surface area contributed by atoms with Crippen molar-refractivity contribution in [2.75, 3.05) is 26.0 Å². The molecule has 0 saturated heterocycles. The molecule has 1 aromatic carbocycles. The Bertz CT molecular complexity index is 1400. The van der Waals surface area contributed by atoms with E-state index in [0.717, 1.165) is 36.4 Å². The second-order valence-electron chi connectivity index (χ2n) is 8.46. The van der Waals surface area contributed by atoms with Crippen molar-refractivity contribution in [2.45, 2.75) is 30.3 Å². The van der Waals surface area contributed by atoms with Crippen LogP contribution in [0.15, 0.2) is 36.5 Å². The van der Waals surface area contributed by atoms with E-state index in [9.17, 15) is 31.2 Å². The van der Waals surface area contributed by atoms with Gasteiger partial charge in [0.25, 0.3) is 0 Å². The first-order valence-corrected chi connectivity index (χ1v) is 13.7.